The summed E-state index contributed by atoms with van der Waals surface area (Å²) in [7, 11) is 0. The van der Waals surface area contributed by atoms with Crippen LogP contribution in [-0.2, 0) is 4.79 Å². The van der Waals surface area contributed by atoms with Gasteiger partial charge in [-0.05, 0) is 48.7 Å². The van der Waals surface area contributed by atoms with E-state index in [1.807, 2.05) is 18.2 Å². The first-order valence-corrected chi connectivity index (χ1v) is 9.81. The van der Waals surface area contributed by atoms with E-state index in [0.717, 1.165) is 24.9 Å². The molecule has 0 saturated carbocycles. The van der Waals surface area contributed by atoms with E-state index in [1.54, 1.807) is 18.3 Å². The normalized spacial score (nSPS) is 16.3. The molecule has 3 aromatic rings. The lowest BCUT2D eigenvalue weighted by atomic mass is 10.1. The van der Waals surface area contributed by atoms with Gasteiger partial charge in [0.15, 0.2) is 6.61 Å². The molecule has 1 saturated heterocycles. The number of rotatable bonds is 6. The Labute approximate surface area is 169 Å². The summed E-state index contributed by atoms with van der Waals surface area (Å²) in [5.41, 5.74) is 1.90. The summed E-state index contributed by atoms with van der Waals surface area (Å²) in [6.45, 7) is 2.59. The molecule has 0 radical (unpaired) electrons. The standard InChI is InChI=1S/C22H22ClN3O2/c23-19-8-9-20(22-18(19)7-4-11-24-22)28-15-21(27)25-13-16-10-12-26(14-16)17-5-2-1-3-6-17/h1-9,11,16H,10,12-15H2,(H,25,27)/t16-/m0/s1. The minimum Gasteiger partial charge on any atom is -0.481 e. The number of aromatic nitrogens is 1. The van der Waals surface area contributed by atoms with Gasteiger partial charge in [0.1, 0.15) is 11.3 Å². The molecule has 1 amide bonds. The predicted molar refractivity (Wildman–Crippen MR) is 112 cm³/mol. The Hall–Kier alpha value is -2.79. The van der Waals surface area contributed by atoms with Crippen molar-refractivity contribution in [1.29, 1.82) is 0 Å². The summed E-state index contributed by atoms with van der Waals surface area (Å²) in [5.74, 6) is 0.880. The topological polar surface area (TPSA) is 54.5 Å². The van der Waals surface area contributed by atoms with Crippen LogP contribution in [-0.4, -0.2) is 37.1 Å². The van der Waals surface area contributed by atoms with Gasteiger partial charge in [0.25, 0.3) is 5.91 Å². The molecule has 144 valence electrons. The lowest BCUT2D eigenvalue weighted by molar-refractivity contribution is -0.123. The number of benzene rings is 2. The molecule has 2 aromatic carbocycles. The molecule has 1 fully saturated rings. The molecule has 0 unspecified atom stereocenters. The van der Waals surface area contributed by atoms with Crippen molar-refractivity contribution in [2.24, 2.45) is 5.92 Å². The van der Waals surface area contributed by atoms with Gasteiger partial charge < -0.3 is 15.0 Å². The van der Waals surface area contributed by atoms with E-state index in [0.29, 0.717) is 28.8 Å². The minimum absolute atomic E-state index is 0.0393. The first-order chi connectivity index (χ1) is 13.7. The van der Waals surface area contributed by atoms with Crippen LogP contribution in [0.2, 0.25) is 5.02 Å². The van der Waals surface area contributed by atoms with Gasteiger partial charge in [0, 0.05) is 36.9 Å². The fraction of sp³-hybridized carbons (Fsp3) is 0.273. The second-order valence-corrected chi connectivity index (χ2v) is 7.38. The molecule has 0 bridgehead atoms. The third kappa shape index (κ3) is 4.20. The van der Waals surface area contributed by atoms with Gasteiger partial charge in [-0.2, -0.15) is 0 Å². The summed E-state index contributed by atoms with van der Waals surface area (Å²) in [6, 6.07) is 17.6. The number of halogens is 1. The van der Waals surface area contributed by atoms with Crippen LogP contribution < -0.4 is 15.0 Å². The van der Waals surface area contributed by atoms with Gasteiger partial charge in [-0.25, -0.2) is 0 Å². The average Bonchev–Trinajstić information content (AvgIpc) is 3.22. The number of carbonyl (C=O) groups excluding carboxylic acids is 1. The highest BCUT2D eigenvalue weighted by Gasteiger charge is 2.23. The van der Waals surface area contributed by atoms with Gasteiger partial charge in [0.2, 0.25) is 0 Å². The van der Waals surface area contributed by atoms with E-state index in [2.05, 4.69) is 39.5 Å². The van der Waals surface area contributed by atoms with E-state index < -0.39 is 0 Å². The van der Waals surface area contributed by atoms with E-state index in [-0.39, 0.29) is 12.5 Å². The number of para-hydroxylation sites is 1. The van der Waals surface area contributed by atoms with Gasteiger partial charge in [0.05, 0.1) is 5.02 Å². The molecule has 1 N–H and O–H groups in total. The summed E-state index contributed by atoms with van der Waals surface area (Å²) in [4.78, 5) is 18.9. The van der Waals surface area contributed by atoms with Crippen LogP contribution >= 0.6 is 11.6 Å². The Morgan fingerprint density at radius 1 is 1.18 bits per heavy atom. The van der Waals surface area contributed by atoms with Crippen LogP contribution in [0.4, 0.5) is 5.69 Å². The fourth-order valence-electron chi connectivity index (χ4n) is 3.55. The molecule has 4 rings (SSSR count). The Balaban J connectivity index is 1.27. The van der Waals surface area contributed by atoms with Gasteiger partial charge in [-0.3, -0.25) is 9.78 Å². The molecule has 2 heterocycles. The molecule has 1 aliphatic rings. The highest BCUT2D eigenvalue weighted by Crippen LogP contribution is 2.29. The quantitative estimate of drug-likeness (QED) is 0.687. The summed E-state index contributed by atoms with van der Waals surface area (Å²) in [5, 5.41) is 4.42. The maximum atomic E-state index is 12.2. The number of ether oxygens (including phenoxy) is 1. The zero-order valence-corrected chi connectivity index (χ0v) is 16.2. The number of hydrogen-bond donors (Lipinski definition) is 1. The van der Waals surface area contributed by atoms with E-state index in [1.165, 1.54) is 5.69 Å². The molecule has 0 spiro atoms. The predicted octanol–water partition coefficient (Wildman–Crippen LogP) is 3.91. The van der Waals surface area contributed by atoms with Crippen molar-refractivity contribution in [3.8, 4) is 5.75 Å². The Kier molecular flexibility index (Phi) is 5.63. The van der Waals surface area contributed by atoms with Crippen LogP contribution in [0.3, 0.4) is 0 Å². The lowest BCUT2D eigenvalue weighted by Gasteiger charge is -2.18. The number of pyridine rings is 1. The van der Waals surface area contributed by atoms with Crippen LogP contribution in [0.5, 0.6) is 5.75 Å². The maximum Gasteiger partial charge on any atom is 0.257 e. The van der Waals surface area contributed by atoms with Crippen LogP contribution in [0.1, 0.15) is 6.42 Å². The van der Waals surface area contributed by atoms with Crippen LogP contribution in [0, 0.1) is 5.92 Å². The molecular weight excluding hydrogens is 374 g/mol. The van der Waals surface area contributed by atoms with Crippen molar-refractivity contribution in [3.05, 3.63) is 65.8 Å². The highest BCUT2D eigenvalue weighted by molar-refractivity contribution is 6.35. The first-order valence-electron chi connectivity index (χ1n) is 9.43. The average molecular weight is 396 g/mol. The molecule has 28 heavy (non-hydrogen) atoms. The van der Waals surface area contributed by atoms with Crippen molar-refractivity contribution in [2.75, 3.05) is 31.1 Å². The number of amides is 1. The smallest absolute Gasteiger partial charge is 0.257 e. The van der Waals surface area contributed by atoms with Crippen molar-refractivity contribution < 1.29 is 9.53 Å². The summed E-state index contributed by atoms with van der Waals surface area (Å²) in [6.07, 6.45) is 2.76. The summed E-state index contributed by atoms with van der Waals surface area (Å²) >= 11 is 6.19. The first kappa shape index (κ1) is 18.6. The number of carbonyl (C=O) groups is 1. The van der Waals surface area contributed by atoms with Gasteiger partial charge in [-0.15, -0.1) is 0 Å². The third-order valence-corrected chi connectivity index (χ3v) is 5.36. The Morgan fingerprint density at radius 2 is 2.04 bits per heavy atom. The number of fused-ring (bicyclic) bond motifs is 1. The number of nitrogens with one attached hydrogen (secondary N) is 1. The van der Waals surface area contributed by atoms with E-state index in [9.17, 15) is 4.79 Å². The van der Waals surface area contributed by atoms with Crippen LogP contribution in [0.25, 0.3) is 10.9 Å². The zero-order valence-electron chi connectivity index (χ0n) is 15.5. The van der Waals surface area contributed by atoms with E-state index >= 15 is 0 Å². The largest absolute Gasteiger partial charge is 0.481 e. The molecule has 0 aliphatic carbocycles. The number of anilines is 1. The second-order valence-electron chi connectivity index (χ2n) is 6.97. The van der Waals surface area contributed by atoms with Gasteiger partial charge in [-0.1, -0.05) is 29.8 Å². The fourth-order valence-corrected chi connectivity index (χ4v) is 3.77. The van der Waals surface area contributed by atoms with Crippen molar-refractivity contribution in [1.82, 2.24) is 10.3 Å². The summed E-state index contributed by atoms with van der Waals surface area (Å²) < 4.78 is 5.70. The lowest BCUT2D eigenvalue weighted by Crippen LogP contribution is -2.34. The molecule has 1 aromatic heterocycles. The molecule has 5 nitrogen and oxygen atoms in total. The van der Waals surface area contributed by atoms with Crippen LogP contribution in [0.15, 0.2) is 60.8 Å². The minimum atomic E-state index is -0.128. The second kappa shape index (κ2) is 8.48. The third-order valence-electron chi connectivity index (χ3n) is 5.03. The molecule has 6 heteroatoms. The number of hydrogen-bond acceptors (Lipinski definition) is 4. The monoisotopic (exact) mass is 395 g/mol. The van der Waals surface area contributed by atoms with Crippen molar-refractivity contribution in [2.45, 2.75) is 6.42 Å². The van der Waals surface area contributed by atoms with Crippen molar-refractivity contribution in [3.63, 3.8) is 0 Å². The number of nitrogens with zero attached hydrogens (tertiary/aromatic N) is 2. The van der Waals surface area contributed by atoms with Crippen molar-refractivity contribution >= 4 is 34.1 Å². The zero-order chi connectivity index (χ0) is 19.3. The molecule has 1 aliphatic heterocycles. The van der Waals surface area contributed by atoms with Gasteiger partial charge >= 0.3 is 0 Å². The molecular formula is C22H22ClN3O2. The highest BCUT2D eigenvalue weighted by atomic mass is 35.5. The Bertz CT molecular complexity index is 964. The van der Waals surface area contributed by atoms with E-state index in [4.69, 9.17) is 16.3 Å². The SMILES string of the molecule is O=C(COc1ccc(Cl)c2cccnc12)NC[C@@H]1CCN(c2ccccc2)C1. The molecule has 1 atom stereocenters. The Morgan fingerprint density at radius 3 is 2.89 bits per heavy atom. The maximum absolute atomic E-state index is 12.2.